The summed E-state index contributed by atoms with van der Waals surface area (Å²) in [6.45, 7) is 5.22. The minimum atomic E-state index is -4.21. The number of hydrogen-bond donors (Lipinski definition) is 1. The van der Waals surface area contributed by atoms with E-state index >= 15 is 0 Å². The van der Waals surface area contributed by atoms with Crippen LogP contribution in [0.2, 0.25) is 5.02 Å². The molecule has 7 nitrogen and oxygen atoms in total. The number of nitrogens with one attached hydrogen (secondary N) is 1. The molecule has 4 aromatic carbocycles. The lowest BCUT2D eigenvalue weighted by Crippen LogP contribution is -2.54. The highest BCUT2D eigenvalue weighted by Gasteiger charge is 2.35. The van der Waals surface area contributed by atoms with E-state index in [1.807, 2.05) is 75.4 Å². The number of rotatable bonds is 12. The molecule has 0 aliphatic heterocycles. The Hall–Kier alpha value is -4.14. The summed E-state index contributed by atoms with van der Waals surface area (Å²) in [4.78, 5) is 29.6. The molecule has 224 valence electrons. The lowest BCUT2D eigenvalue weighted by Gasteiger charge is -2.34. The molecule has 0 fully saturated rings. The first kappa shape index (κ1) is 31.8. The van der Waals surface area contributed by atoms with Gasteiger partial charge in [0.2, 0.25) is 11.8 Å². The molecule has 0 heterocycles. The standard InChI is InChI=1S/C34H36ClN3O4S/c1-25(2)36-34(40)32(22-27-12-6-4-7-13-27)37(23-28-20-18-26(3)19-21-28)33(39)24-38(31-17-11-10-16-30(31)35)43(41,42)29-14-8-5-9-15-29/h4-21,25,32H,22-24H2,1-3H3,(H,36,40)/t32-/m0/s1. The molecule has 0 aliphatic carbocycles. The van der Waals surface area contributed by atoms with E-state index in [1.54, 1.807) is 42.5 Å². The van der Waals surface area contributed by atoms with Crippen molar-refractivity contribution in [1.82, 2.24) is 10.2 Å². The molecule has 0 saturated carbocycles. The maximum absolute atomic E-state index is 14.4. The first-order valence-corrected chi connectivity index (χ1v) is 15.9. The van der Waals surface area contributed by atoms with E-state index in [1.165, 1.54) is 17.0 Å². The van der Waals surface area contributed by atoms with E-state index in [2.05, 4.69) is 5.32 Å². The molecule has 0 bridgehead atoms. The van der Waals surface area contributed by atoms with Gasteiger partial charge in [-0.1, -0.05) is 102 Å². The van der Waals surface area contributed by atoms with Crippen LogP contribution in [0.1, 0.15) is 30.5 Å². The Kier molecular flexibility index (Phi) is 10.6. The summed E-state index contributed by atoms with van der Waals surface area (Å²) in [6.07, 6.45) is 0.245. The summed E-state index contributed by atoms with van der Waals surface area (Å²) in [5, 5.41) is 3.14. The van der Waals surface area contributed by atoms with Gasteiger partial charge >= 0.3 is 0 Å². The molecular weight excluding hydrogens is 582 g/mol. The van der Waals surface area contributed by atoms with Gasteiger partial charge < -0.3 is 10.2 Å². The van der Waals surface area contributed by atoms with Crippen molar-refractivity contribution < 1.29 is 18.0 Å². The van der Waals surface area contributed by atoms with E-state index < -0.39 is 28.5 Å². The Balaban J connectivity index is 1.80. The van der Waals surface area contributed by atoms with E-state index in [9.17, 15) is 18.0 Å². The monoisotopic (exact) mass is 617 g/mol. The molecule has 2 amide bonds. The highest BCUT2D eigenvalue weighted by molar-refractivity contribution is 7.92. The molecule has 0 saturated heterocycles. The fourth-order valence-corrected chi connectivity index (χ4v) is 6.45. The third kappa shape index (κ3) is 8.24. The van der Waals surface area contributed by atoms with Crippen LogP contribution < -0.4 is 9.62 Å². The first-order valence-electron chi connectivity index (χ1n) is 14.1. The number of nitrogens with zero attached hydrogens (tertiary/aromatic N) is 2. The summed E-state index contributed by atoms with van der Waals surface area (Å²) < 4.78 is 29.0. The van der Waals surface area contributed by atoms with Crippen LogP contribution in [0.25, 0.3) is 0 Å². The van der Waals surface area contributed by atoms with Gasteiger partial charge in [0.05, 0.1) is 15.6 Å². The van der Waals surface area contributed by atoms with E-state index in [0.29, 0.717) is 0 Å². The van der Waals surface area contributed by atoms with Crippen molar-refractivity contribution >= 4 is 39.1 Å². The van der Waals surface area contributed by atoms with Crippen LogP contribution in [0.5, 0.6) is 0 Å². The van der Waals surface area contributed by atoms with Gasteiger partial charge in [-0.2, -0.15) is 0 Å². The number of carbonyl (C=O) groups is 2. The minimum Gasteiger partial charge on any atom is -0.352 e. The zero-order valence-corrected chi connectivity index (χ0v) is 26.1. The van der Waals surface area contributed by atoms with E-state index in [0.717, 1.165) is 21.0 Å². The SMILES string of the molecule is Cc1ccc(CN(C(=O)CN(c2ccccc2Cl)S(=O)(=O)c2ccccc2)[C@@H](Cc2ccccc2)C(=O)NC(C)C)cc1. The van der Waals surface area contributed by atoms with Crippen molar-refractivity contribution in [2.24, 2.45) is 0 Å². The Morgan fingerprint density at radius 2 is 1.37 bits per heavy atom. The van der Waals surface area contributed by atoms with Crippen molar-refractivity contribution in [3.63, 3.8) is 0 Å². The number of halogens is 1. The Labute approximate surface area is 259 Å². The number of hydrogen-bond acceptors (Lipinski definition) is 4. The topological polar surface area (TPSA) is 86.8 Å². The van der Waals surface area contributed by atoms with Crippen LogP contribution in [0, 0.1) is 6.92 Å². The molecule has 4 aromatic rings. The molecule has 1 N–H and O–H groups in total. The van der Waals surface area contributed by atoms with Gasteiger partial charge in [-0.05, 0) is 56.2 Å². The molecular formula is C34H36ClN3O4S. The molecule has 0 aromatic heterocycles. The third-order valence-electron chi connectivity index (χ3n) is 6.91. The van der Waals surface area contributed by atoms with Crippen molar-refractivity contribution in [3.8, 4) is 0 Å². The van der Waals surface area contributed by atoms with Crippen LogP contribution >= 0.6 is 11.6 Å². The van der Waals surface area contributed by atoms with Crippen LogP contribution in [0.4, 0.5) is 5.69 Å². The molecule has 0 aliphatic rings. The quantitative estimate of drug-likeness (QED) is 0.211. The lowest BCUT2D eigenvalue weighted by molar-refractivity contribution is -0.140. The Morgan fingerprint density at radius 3 is 1.98 bits per heavy atom. The second-order valence-corrected chi connectivity index (χ2v) is 12.9. The van der Waals surface area contributed by atoms with Crippen molar-refractivity contribution in [3.05, 3.63) is 131 Å². The van der Waals surface area contributed by atoms with Gasteiger partial charge in [-0.3, -0.25) is 13.9 Å². The summed E-state index contributed by atoms with van der Waals surface area (Å²) in [5.74, 6) is -0.866. The van der Waals surface area contributed by atoms with Gasteiger partial charge in [0.25, 0.3) is 10.0 Å². The summed E-state index contributed by atoms with van der Waals surface area (Å²) in [7, 11) is -4.21. The minimum absolute atomic E-state index is 0.0196. The number of amides is 2. The molecule has 0 unspecified atom stereocenters. The number of anilines is 1. The fourth-order valence-electron chi connectivity index (χ4n) is 4.71. The number of para-hydroxylation sites is 1. The molecule has 9 heteroatoms. The second kappa shape index (κ2) is 14.4. The summed E-state index contributed by atoms with van der Waals surface area (Å²) in [5.41, 5.74) is 2.90. The zero-order valence-electron chi connectivity index (χ0n) is 24.5. The van der Waals surface area contributed by atoms with E-state index in [-0.39, 0.29) is 40.5 Å². The van der Waals surface area contributed by atoms with Crippen molar-refractivity contribution in [2.75, 3.05) is 10.8 Å². The predicted molar refractivity (Wildman–Crippen MR) is 171 cm³/mol. The number of carbonyl (C=O) groups excluding carboxylic acids is 2. The maximum Gasteiger partial charge on any atom is 0.264 e. The summed E-state index contributed by atoms with van der Waals surface area (Å²) in [6, 6.07) is 30.5. The number of aryl methyl sites for hydroxylation is 1. The van der Waals surface area contributed by atoms with E-state index in [4.69, 9.17) is 11.6 Å². The molecule has 4 rings (SSSR count). The van der Waals surface area contributed by atoms with Crippen molar-refractivity contribution in [1.29, 1.82) is 0 Å². The largest absolute Gasteiger partial charge is 0.352 e. The second-order valence-electron chi connectivity index (χ2n) is 10.7. The molecule has 43 heavy (non-hydrogen) atoms. The average Bonchev–Trinajstić information content (AvgIpc) is 2.99. The molecule has 0 spiro atoms. The first-order chi connectivity index (χ1) is 20.6. The van der Waals surface area contributed by atoms with Crippen LogP contribution in [-0.4, -0.2) is 43.8 Å². The predicted octanol–water partition coefficient (Wildman–Crippen LogP) is 6.01. The van der Waals surface area contributed by atoms with Crippen LogP contribution in [0.15, 0.2) is 114 Å². The third-order valence-corrected chi connectivity index (χ3v) is 9.00. The lowest BCUT2D eigenvalue weighted by atomic mass is 10.0. The maximum atomic E-state index is 14.4. The smallest absolute Gasteiger partial charge is 0.264 e. The van der Waals surface area contributed by atoms with Crippen LogP contribution in [-0.2, 0) is 32.6 Å². The van der Waals surface area contributed by atoms with Crippen molar-refractivity contribution in [2.45, 2.75) is 50.7 Å². The number of sulfonamides is 1. The summed E-state index contributed by atoms with van der Waals surface area (Å²) >= 11 is 6.50. The molecule has 0 radical (unpaired) electrons. The number of benzene rings is 4. The van der Waals surface area contributed by atoms with Gasteiger partial charge in [0.15, 0.2) is 0 Å². The molecule has 1 atom stereocenters. The Bertz CT molecular complexity index is 1630. The van der Waals surface area contributed by atoms with Gasteiger partial charge in [-0.25, -0.2) is 8.42 Å². The fraction of sp³-hybridized carbons (Fsp3) is 0.235. The van der Waals surface area contributed by atoms with Gasteiger partial charge in [0, 0.05) is 19.0 Å². The normalized spacial score (nSPS) is 12.0. The average molecular weight is 618 g/mol. The van der Waals surface area contributed by atoms with Crippen LogP contribution in [0.3, 0.4) is 0 Å². The van der Waals surface area contributed by atoms with Gasteiger partial charge in [0.1, 0.15) is 12.6 Å². The van der Waals surface area contributed by atoms with Gasteiger partial charge in [-0.15, -0.1) is 0 Å². The highest BCUT2D eigenvalue weighted by atomic mass is 35.5. The Morgan fingerprint density at radius 1 is 0.791 bits per heavy atom. The zero-order chi connectivity index (χ0) is 31.0. The highest BCUT2D eigenvalue weighted by Crippen LogP contribution is 2.31.